The zero-order valence-electron chi connectivity index (χ0n) is 17.1. The number of piperidine rings is 1. The van der Waals surface area contributed by atoms with Crippen molar-refractivity contribution in [2.75, 3.05) is 25.0 Å². The minimum atomic E-state index is -4.54. The van der Waals surface area contributed by atoms with Crippen molar-refractivity contribution < 1.29 is 32.3 Å². The molecule has 1 aliphatic rings. The Morgan fingerprint density at radius 3 is 2.47 bits per heavy atom. The van der Waals surface area contributed by atoms with E-state index < -0.39 is 42.1 Å². The van der Waals surface area contributed by atoms with E-state index in [2.05, 4.69) is 5.32 Å². The Hall–Kier alpha value is -2.78. The number of nitrogens with one attached hydrogen (secondary N) is 2. The Bertz CT molecular complexity index is 790. The van der Waals surface area contributed by atoms with Gasteiger partial charge in [-0.05, 0) is 45.7 Å². The van der Waals surface area contributed by atoms with Gasteiger partial charge in [-0.1, -0.05) is 12.1 Å². The van der Waals surface area contributed by atoms with Crippen LogP contribution in [0.3, 0.4) is 0 Å². The molecule has 3 amide bonds. The molecule has 0 spiro atoms. The van der Waals surface area contributed by atoms with Gasteiger partial charge in [0.15, 0.2) is 0 Å². The van der Waals surface area contributed by atoms with Gasteiger partial charge in [0.05, 0.1) is 17.2 Å². The Morgan fingerprint density at radius 2 is 1.83 bits per heavy atom. The summed E-state index contributed by atoms with van der Waals surface area (Å²) in [5.41, 5.74) is -0.624. The van der Waals surface area contributed by atoms with E-state index in [9.17, 15) is 27.6 Å². The first-order chi connectivity index (χ1) is 13.9. The molecule has 0 aliphatic carbocycles. The van der Waals surface area contributed by atoms with Crippen LogP contribution in [0, 0.1) is 5.92 Å². The molecular formula is C20H26F3N3O4. The molecule has 1 aliphatic heterocycles. The molecule has 0 radical (unpaired) electrons. The smallest absolute Gasteiger partial charge is 0.410 e. The van der Waals surface area contributed by atoms with Gasteiger partial charge in [-0.25, -0.2) is 4.79 Å². The average molecular weight is 429 g/mol. The van der Waals surface area contributed by atoms with Crippen molar-refractivity contribution >= 4 is 23.6 Å². The molecule has 7 nitrogen and oxygen atoms in total. The number of benzene rings is 1. The number of nitrogens with zero attached hydrogens (tertiary/aromatic N) is 1. The monoisotopic (exact) mass is 429 g/mol. The second kappa shape index (κ2) is 9.36. The van der Waals surface area contributed by atoms with E-state index in [1.165, 1.54) is 23.1 Å². The number of rotatable bonds is 4. The van der Waals surface area contributed by atoms with Crippen LogP contribution < -0.4 is 10.6 Å². The number of carbonyl (C=O) groups excluding carboxylic acids is 3. The molecule has 166 valence electrons. The Labute approximate surface area is 172 Å². The lowest BCUT2D eigenvalue weighted by atomic mass is 9.97. The van der Waals surface area contributed by atoms with Crippen LogP contribution in [0.15, 0.2) is 24.3 Å². The Kier molecular flexibility index (Phi) is 7.33. The Balaban J connectivity index is 2.04. The summed E-state index contributed by atoms with van der Waals surface area (Å²) in [7, 11) is 0. The van der Waals surface area contributed by atoms with Crippen LogP contribution in [0.5, 0.6) is 0 Å². The molecule has 1 fully saturated rings. The van der Waals surface area contributed by atoms with E-state index in [1.54, 1.807) is 32.2 Å². The number of amides is 3. The van der Waals surface area contributed by atoms with Crippen molar-refractivity contribution in [1.82, 2.24) is 10.2 Å². The van der Waals surface area contributed by atoms with Gasteiger partial charge >= 0.3 is 12.3 Å². The first-order valence-electron chi connectivity index (χ1n) is 9.58. The van der Waals surface area contributed by atoms with Crippen LogP contribution in [0.4, 0.5) is 23.7 Å². The zero-order chi connectivity index (χ0) is 22.5. The molecule has 30 heavy (non-hydrogen) atoms. The van der Waals surface area contributed by atoms with E-state index in [0.29, 0.717) is 19.4 Å². The third-order valence-electron chi connectivity index (χ3n) is 4.32. The highest BCUT2D eigenvalue weighted by Gasteiger charge is 2.32. The van der Waals surface area contributed by atoms with Gasteiger partial charge in [0, 0.05) is 13.1 Å². The summed E-state index contributed by atoms with van der Waals surface area (Å²) in [4.78, 5) is 38.5. The lowest BCUT2D eigenvalue weighted by Gasteiger charge is -2.33. The van der Waals surface area contributed by atoms with Crippen molar-refractivity contribution in [2.24, 2.45) is 5.92 Å². The van der Waals surface area contributed by atoms with E-state index >= 15 is 0 Å². The average Bonchev–Trinajstić information content (AvgIpc) is 2.64. The zero-order valence-corrected chi connectivity index (χ0v) is 17.1. The standard InChI is InChI=1S/C20H26F3N3O4/c1-19(2,3)30-18(29)26-10-6-7-13(11-26)16(27)25-15-9-5-4-8-14(15)17(28)24-12-20(21,22)23/h4-5,8-9,13H,6-7,10-12H2,1-3H3,(H,24,28)(H,25,27). The molecule has 1 aromatic carbocycles. The predicted molar refractivity (Wildman–Crippen MR) is 104 cm³/mol. The number of halogens is 3. The summed E-state index contributed by atoms with van der Waals surface area (Å²) < 4.78 is 42.4. The Morgan fingerprint density at radius 1 is 1.17 bits per heavy atom. The number of ether oxygens (including phenoxy) is 1. The normalized spacial score (nSPS) is 17.3. The number of para-hydroxylation sites is 1. The molecule has 2 N–H and O–H groups in total. The second-order valence-electron chi connectivity index (χ2n) is 8.10. The van der Waals surface area contributed by atoms with Crippen molar-refractivity contribution in [3.63, 3.8) is 0 Å². The number of likely N-dealkylation sites (tertiary alicyclic amines) is 1. The first kappa shape index (κ1) is 23.5. The summed E-state index contributed by atoms with van der Waals surface area (Å²) in [5.74, 6) is -1.89. The van der Waals surface area contributed by atoms with Crippen molar-refractivity contribution in [3.8, 4) is 0 Å². The summed E-state index contributed by atoms with van der Waals surface area (Å²) in [6, 6.07) is 5.82. The summed E-state index contributed by atoms with van der Waals surface area (Å²) in [6.07, 6.45) is -3.91. The van der Waals surface area contributed by atoms with Gasteiger partial charge in [0.2, 0.25) is 5.91 Å². The topological polar surface area (TPSA) is 87.7 Å². The molecule has 2 rings (SSSR count). The molecule has 1 atom stereocenters. The highest BCUT2D eigenvalue weighted by Crippen LogP contribution is 2.23. The van der Waals surface area contributed by atoms with Crippen molar-refractivity contribution in [3.05, 3.63) is 29.8 Å². The fraction of sp³-hybridized carbons (Fsp3) is 0.550. The van der Waals surface area contributed by atoms with Gasteiger partial charge in [0.1, 0.15) is 12.1 Å². The molecule has 1 saturated heterocycles. The maximum atomic E-state index is 12.7. The van der Waals surface area contributed by atoms with E-state index in [0.717, 1.165) is 0 Å². The van der Waals surface area contributed by atoms with Crippen LogP contribution in [-0.2, 0) is 9.53 Å². The summed E-state index contributed by atoms with van der Waals surface area (Å²) in [5, 5.41) is 4.40. The van der Waals surface area contributed by atoms with Crippen LogP contribution in [0.25, 0.3) is 0 Å². The summed E-state index contributed by atoms with van der Waals surface area (Å²) >= 11 is 0. The molecule has 0 bridgehead atoms. The number of hydrogen-bond donors (Lipinski definition) is 2. The third-order valence-corrected chi connectivity index (χ3v) is 4.32. The fourth-order valence-corrected chi connectivity index (χ4v) is 2.98. The molecule has 0 aromatic heterocycles. The minimum Gasteiger partial charge on any atom is -0.444 e. The molecule has 1 aromatic rings. The van der Waals surface area contributed by atoms with Crippen LogP contribution in [-0.4, -0.2) is 54.2 Å². The largest absolute Gasteiger partial charge is 0.444 e. The van der Waals surface area contributed by atoms with E-state index in [1.807, 2.05) is 0 Å². The molecule has 0 saturated carbocycles. The quantitative estimate of drug-likeness (QED) is 0.766. The molecular weight excluding hydrogens is 403 g/mol. The summed E-state index contributed by atoms with van der Waals surface area (Å²) in [6.45, 7) is 4.40. The van der Waals surface area contributed by atoms with E-state index in [-0.39, 0.29) is 17.8 Å². The maximum Gasteiger partial charge on any atom is 0.410 e. The predicted octanol–water partition coefficient (Wildman–Crippen LogP) is 3.56. The first-order valence-corrected chi connectivity index (χ1v) is 9.58. The lowest BCUT2D eigenvalue weighted by molar-refractivity contribution is -0.123. The molecule has 1 unspecified atom stereocenters. The van der Waals surface area contributed by atoms with E-state index in [4.69, 9.17) is 4.74 Å². The van der Waals surface area contributed by atoms with Gasteiger partial charge in [-0.2, -0.15) is 13.2 Å². The number of alkyl halides is 3. The number of carbonyl (C=O) groups is 3. The van der Waals surface area contributed by atoms with Crippen LogP contribution in [0.2, 0.25) is 0 Å². The second-order valence-corrected chi connectivity index (χ2v) is 8.10. The van der Waals surface area contributed by atoms with Gasteiger partial charge in [0.25, 0.3) is 5.91 Å². The van der Waals surface area contributed by atoms with Gasteiger partial charge in [-0.15, -0.1) is 0 Å². The maximum absolute atomic E-state index is 12.7. The number of hydrogen-bond acceptors (Lipinski definition) is 4. The highest BCUT2D eigenvalue weighted by molar-refractivity contribution is 6.04. The van der Waals surface area contributed by atoms with Crippen molar-refractivity contribution in [1.29, 1.82) is 0 Å². The van der Waals surface area contributed by atoms with Crippen LogP contribution in [0.1, 0.15) is 44.0 Å². The van der Waals surface area contributed by atoms with Gasteiger partial charge < -0.3 is 20.3 Å². The number of anilines is 1. The lowest BCUT2D eigenvalue weighted by Crippen LogP contribution is -2.45. The SMILES string of the molecule is CC(C)(C)OC(=O)N1CCCC(C(=O)Nc2ccccc2C(=O)NCC(F)(F)F)C1. The molecule has 1 heterocycles. The van der Waals surface area contributed by atoms with Crippen molar-refractivity contribution in [2.45, 2.75) is 45.4 Å². The fourth-order valence-electron chi connectivity index (χ4n) is 2.98. The minimum absolute atomic E-state index is 0.0742. The van der Waals surface area contributed by atoms with Crippen LogP contribution >= 0.6 is 0 Å². The third kappa shape index (κ3) is 7.23. The molecule has 10 heteroatoms. The highest BCUT2D eigenvalue weighted by atomic mass is 19.4. The van der Waals surface area contributed by atoms with Gasteiger partial charge in [-0.3, -0.25) is 9.59 Å².